The molecular weight excluding hydrogens is 276 g/mol. The van der Waals surface area contributed by atoms with Crippen LogP contribution in [0.3, 0.4) is 0 Å². The average molecular weight is 290 g/mol. The molecule has 6 heteroatoms. The van der Waals surface area contributed by atoms with E-state index in [-0.39, 0.29) is 0 Å². The maximum Gasteiger partial charge on any atom is 0.113 e. The minimum atomic E-state index is 0.872. The quantitative estimate of drug-likeness (QED) is 0.616. The standard InChI is InChI=1S/C16H14N6/c1-10-4-3-5-13(19-10)16-15(17-9-18-16)11-6-7-12-14(8-11)22(2)21-20-12/h3-9H,1-2H3,(H,17,18). The Balaban J connectivity index is 1.89. The number of benzene rings is 1. The van der Waals surface area contributed by atoms with E-state index in [1.807, 2.05) is 50.4 Å². The fourth-order valence-corrected chi connectivity index (χ4v) is 2.57. The molecule has 0 atom stereocenters. The number of hydrogen-bond donors (Lipinski definition) is 1. The highest BCUT2D eigenvalue weighted by molar-refractivity contribution is 5.84. The van der Waals surface area contributed by atoms with Crippen LogP contribution < -0.4 is 0 Å². The lowest BCUT2D eigenvalue weighted by molar-refractivity contribution is 0.736. The molecule has 1 N–H and O–H groups in total. The summed E-state index contributed by atoms with van der Waals surface area (Å²) >= 11 is 0. The van der Waals surface area contributed by atoms with Gasteiger partial charge in [-0.3, -0.25) is 4.98 Å². The Kier molecular flexibility index (Phi) is 2.75. The van der Waals surface area contributed by atoms with Crippen molar-refractivity contribution < 1.29 is 0 Å². The van der Waals surface area contributed by atoms with Crippen LogP contribution in [0.5, 0.6) is 0 Å². The third-order valence-corrected chi connectivity index (χ3v) is 3.67. The second kappa shape index (κ2) is 4.77. The number of nitrogens with zero attached hydrogens (tertiary/aromatic N) is 5. The molecule has 4 rings (SSSR count). The minimum Gasteiger partial charge on any atom is -0.343 e. The monoisotopic (exact) mass is 290 g/mol. The number of imidazole rings is 1. The summed E-state index contributed by atoms with van der Waals surface area (Å²) < 4.78 is 1.76. The number of fused-ring (bicyclic) bond motifs is 1. The molecule has 0 aliphatic carbocycles. The number of rotatable bonds is 2. The molecule has 1 aromatic carbocycles. The van der Waals surface area contributed by atoms with E-state index in [0.29, 0.717) is 0 Å². The Labute approximate surface area is 126 Å². The van der Waals surface area contributed by atoms with Crippen molar-refractivity contribution in [2.24, 2.45) is 7.05 Å². The molecule has 3 aromatic heterocycles. The van der Waals surface area contributed by atoms with Crippen molar-refractivity contribution in [1.29, 1.82) is 0 Å². The van der Waals surface area contributed by atoms with E-state index in [2.05, 4.69) is 25.3 Å². The van der Waals surface area contributed by atoms with E-state index < -0.39 is 0 Å². The van der Waals surface area contributed by atoms with Crippen LogP contribution in [0.2, 0.25) is 0 Å². The van der Waals surface area contributed by atoms with Crippen molar-refractivity contribution in [3.05, 3.63) is 48.4 Å². The van der Waals surface area contributed by atoms with Gasteiger partial charge < -0.3 is 4.98 Å². The van der Waals surface area contributed by atoms with Gasteiger partial charge in [-0.1, -0.05) is 17.3 Å². The van der Waals surface area contributed by atoms with Crippen LogP contribution in [0.4, 0.5) is 0 Å². The Bertz CT molecular complexity index is 966. The molecule has 0 saturated heterocycles. The van der Waals surface area contributed by atoms with Crippen LogP contribution in [0, 0.1) is 6.92 Å². The fraction of sp³-hybridized carbons (Fsp3) is 0.125. The number of aromatic nitrogens is 6. The second-order valence-electron chi connectivity index (χ2n) is 5.21. The molecule has 3 heterocycles. The summed E-state index contributed by atoms with van der Waals surface area (Å²) in [6.07, 6.45) is 1.69. The van der Waals surface area contributed by atoms with Gasteiger partial charge in [0.25, 0.3) is 0 Å². The van der Waals surface area contributed by atoms with Crippen molar-refractivity contribution >= 4 is 11.0 Å². The molecule has 0 unspecified atom stereocenters. The Hall–Kier alpha value is -3.02. The summed E-state index contributed by atoms with van der Waals surface area (Å²) in [5, 5.41) is 8.14. The first-order chi connectivity index (χ1) is 10.7. The van der Waals surface area contributed by atoms with E-state index in [0.717, 1.165) is 39.4 Å². The van der Waals surface area contributed by atoms with Crippen LogP contribution in [0.25, 0.3) is 33.7 Å². The van der Waals surface area contributed by atoms with E-state index in [4.69, 9.17) is 0 Å². The SMILES string of the molecule is Cc1cccc(-c2[nH]cnc2-c2ccc3nnn(C)c3c2)n1. The zero-order valence-electron chi connectivity index (χ0n) is 12.3. The highest BCUT2D eigenvalue weighted by atomic mass is 15.4. The summed E-state index contributed by atoms with van der Waals surface area (Å²) in [6, 6.07) is 12.0. The Morgan fingerprint density at radius 3 is 2.91 bits per heavy atom. The molecule has 6 nitrogen and oxygen atoms in total. The number of H-pyrrole nitrogens is 1. The third-order valence-electron chi connectivity index (χ3n) is 3.67. The summed E-state index contributed by atoms with van der Waals surface area (Å²) in [4.78, 5) is 12.2. The third kappa shape index (κ3) is 1.96. The molecule has 0 bridgehead atoms. The van der Waals surface area contributed by atoms with E-state index in [1.165, 1.54) is 0 Å². The van der Waals surface area contributed by atoms with Crippen LogP contribution in [-0.4, -0.2) is 29.9 Å². The molecule has 0 saturated carbocycles. The highest BCUT2D eigenvalue weighted by Crippen LogP contribution is 2.29. The molecule has 0 amide bonds. The smallest absolute Gasteiger partial charge is 0.113 e. The van der Waals surface area contributed by atoms with Crippen LogP contribution >= 0.6 is 0 Å². The van der Waals surface area contributed by atoms with Crippen molar-refractivity contribution in [1.82, 2.24) is 29.9 Å². The zero-order chi connectivity index (χ0) is 15.1. The number of aromatic amines is 1. The van der Waals surface area contributed by atoms with Crippen LogP contribution in [0.15, 0.2) is 42.7 Å². The van der Waals surface area contributed by atoms with Crippen LogP contribution in [0.1, 0.15) is 5.69 Å². The fourth-order valence-electron chi connectivity index (χ4n) is 2.57. The molecule has 0 aliphatic rings. The van der Waals surface area contributed by atoms with Gasteiger partial charge in [-0.25, -0.2) is 9.67 Å². The first-order valence-corrected chi connectivity index (χ1v) is 6.99. The number of pyridine rings is 1. The zero-order valence-corrected chi connectivity index (χ0v) is 12.3. The topological polar surface area (TPSA) is 72.3 Å². The van der Waals surface area contributed by atoms with E-state index in [9.17, 15) is 0 Å². The Morgan fingerprint density at radius 2 is 2.05 bits per heavy atom. The van der Waals surface area contributed by atoms with Crippen molar-refractivity contribution in [2.45, 2.75) is 6.92 Å². The van der Waals surface area contributed by atoms with Gasteiger partial charge in [-0.05, 0) is 31.2 Å². The number of nitrogens with one attached hydrogen (secondary N) is 1. The van der Waals surface area contributed by atoms with Gasteiger partial charge in [0.15, 0.2) is 0 Å². The molecule has 4 aromatic rings. The maximum atomic E-state index is 4.57. The highest BCUT2D eigenvalue weighted by Gasteiger charge is 2.13. The summed E-state index contributed by atoms with van der Waals surface area (Å²) in [6.45, 7) is 1.98. The van der Waals surface area contributed by atoms with Gasteiger partial charge in [0.05, 0.1) is 28.9 Å². The maximum absolute atomic E-state index is 4.57. The Morgan fingerprint density at radius 1 is 1.14 bits per heavy atom. The summed E-state index contributed by atoms with van der Waals surface area (Å²) in [5.41, 5.74) is 6.51. The van der Waals surface area contributed by atoms with Crippen molar-refractivity contribution in [3.63, 3.8) is 0 Å². The minimum absolute atomic E-state index is 0.872. The lowest BCUT2D eigenvalue weighted by atomic mass is 10.1. The van der Waals surface area contributed by atoms with Gasteiger partial charge in [-0.2, -0.15) is 0 Å². The number of aryl methyl sites for hydroxylation is 2. The molecule has 22 heavy (non-hydrogen) atoms. The molecule has 108 valence electrons. The second-order valence-corrected chi connectivity index (χ2v) is 5.21. The lowest BCUT2D eigenvalue weighted by Crippen LogP contribution is -1.91. The molecule has 0 spiro atoms. The molecular formula is C16H14N6. The molecule has 0 aliphatic heterocycles. The predicted octanol–water partition coefficient (Wildman–Crippen LogP) is 2.73. The van der Waals surface area contributed by atoms with Crippen LogP contribution in [-0.2, 0) is 7.05 Å². The van der Waals surface area contributed by atoms with Crippen molar-refractivity contribution in [3.8, 4) is 22.6 Å². The van der Waals surface area contributed by atoms with E-state index >= 15 is 0 Å². The van der Waals surface area contributed by atoms with Gasteiger partial charge in [0.1, 0.15) is 5.52 Å². The van der Waals surface area contributed by atoms with Crippen molar-refractivity contribution in [2.75, 3.05) is 0 Å². The van der Waals surface area contributed by atoms with E-state index in [1.54, 1.807) is 11.0 Å². The molecule has 0 fully saturated rings. The van der Waals surface area contributed by atoms with Gasteiger partial charge >= 0.3 is 0 Å². The molecule has 0 radical (unpaired) electrons. The normalized spacial score (nSPS) is 11.2. The van der Waals surface area contributed by atoms with Gasteiger partial charge in [0, 0.05) is 18.3 Å². The summed E-state index contributed by atoms with van der Waals surface area (Å²) in [5.74, 6) is 0. The van der Waals surface area contributed by atoms with Gasteiger partial charge in [-0.15, -0.1) is 5.10 Å². The first kappa shape index (κ1) is 12.7. The number of hydrogen-bond acceptors (Lipinski definition) is 4. The lowest BCUT2D eigenvalue weighted by Gasteiger charge is -2.04. The first-order valence-electron chi connectivity index (χ1n) is 6.99. The largest absolute Gasteiger partial charge is 0.343 e. The predicted molar refractivity (Wildman–Crippen MR) is 84.1 cm³/mol. The summed E-state index contributed by atoms with van der Waals surface area (Å²) in [7, 11) is 1.88. The average Bonchev–Trinajstić information content (AvgIpc) is 3.14. The van der Waals surface area contributed by atoms with Gasteiger partial charge in [0.2, 0.25) is 0 Å².